The van der Waals surface area contributed by atoms with Crippen molar-refractivity contribution in [3.63, 3.8) is 0 Å². The van der Waals surface area contributed by atoms with Crippen LogP contribution in [0.15, 0.2) is 12.4 Å². The number of carbonyl (C=O) groups excluding carboxylic acids is 1. The van der Waals surface area contributed by atoms with E-state index in [-0.39, 0.29) is 5.97 Å². The number of hydrogen-bond donors (Lipinski definition) is 0. The Morgan fingerprint density at radius 3 is 2.43 bits per heavy atom. The fraction of sp³-hybridized carbons (Fsp3) is 0.545. The number of aromatic nitrogens is 1. The largest absolute Gasteiger partial charge is 0.468 e. The molecule has 0 aliphatic heterocycles. The van der Waals surface area contributed by atoms with Gasteiger partial charge in [0.1, 0.15) is 6.54 Å². The molecule has 0 amide bonds. The molecule has 1 heterocycles. The van der Waals surface area contributed by atoms with Crippen LogP contribution in [-0.2, 0) is 28.9 Å². The SMILES string of the molecule is COC(=O)Cn1cc2c(c1)CCCC2. The second-order valence-corrected chi connectivity index (χ2v) is 3.76. The van der Waals surface area contributed by atoms with Gasteiger partial charge in [0.05, 0.1) is 7.11 Å². The highest BCUT2D eigenvalue weighted by Crippen LogP contribution is 2.21. The monoisotopic (exact) mass is 193 g/mol. The first-order valence-electron chi connectivity index (χ1n) is 5.04. The van der Waals surface area contributed by atoms with E-state index in [9.17, 15) is 4.79 Å². The Bertz CT molecular complexity index is 318. The third-order valence-electron chi connectivity index (χ3n) is 2.74. The Hall–Kier alpha value is -1.25. The van der Waals surface area contributed by atoms with E-state index in [0.717, 1.165) is 12.8 Å². The molecule has 0 unspecified atom stereocenters. The molecule has 76 valence electrons. The van der Waals surface area contributed by atoms with Crippen molar-refractivity contribution in [1.29, 1.82) is 0 Å². The average Bonchev–Trinajstić information content (AvgIpc) is 2.59. The Morgan fingerprint density at radius 2 is 1.93 bits per heavy atom. The van der Waals surface area contributed by atoms with Gasteiger partial charge in [-0.1, -0.05) is 0 Å². The lowest BCUT2D eigenvalue weighted by Crippen LogP contribution is -2.09. The number of hydrogen-bond acceptors (Lipinski definition) is 2. The van der Waals surface area contributed by atoms with Gasteiger partial charge in [-0.3, -0.25) is 4.79 Å². The molecule has 0 radical (unpaired) electrons. The van der Waals surface area contributed by atoms with Gasteiger partial charge in [-0.15, -0.1) is 0 Å². The molecule has 1 aromatic heterocycles. The zero-order valence-electron chi connectivity index (χ0n) is 8.45. The average molecular weight is 193 g/mol. The van der Waals surface area contributed by atoms with E-state index < -0.39 is 0 Å². The Balaban J connectivity index is 2.12. The zero-order chi connectivity index (χ0) is 9.97. The molecule has 3 nitrogen and oxygen atoms in total. The summed E-state index contributed by atoms with van der Waals surface area (Å²) in [6, 6.07) is 0. The highest BCUT2D eigenvalue weighted by atomic mass is 16.5. The summed E-state index contributed by atoms with van der Waals surface area (Å²) in [5, 5.41) is 0. The maximum absolute atomic E-state index is 11.1. The molecule has 0 bridgehead atoms. The molecule has 0 spiro atoms. The Labute approximate surface area is 83.7 Å². The van der Waals surface area contributed by atoms with E-state index in [1.165, 1.54) is 31.1 Å². The predicted molar refractivity (Wildman–Crippen MR) is 53.1 cm³/mol. The maximum atomic E-state index is 11.1. The molecule has 0 fully saturated rings. The maximum Gasteiger partial charge on any atom is 0.325 e. The summed E-state index contributed by atoms with van der Waals surface area (Å²) in [6.07, 6.45) is 9.01. The van der Waals surface area contributed by atoms with Crippen LogP contribution >= 0.6 is 0 Å². The van der Waals surface area contributed by atoms with Crippen LogP contribution in [-0.4, -0.2) is 17.6 Å². The fourth-order valence-corrected chi connectivity index (χ4v) is 1.99. The lowest BCUT2D eigenvalue weighted by molar-refractivity contribution is -0.141. The fourth-order valence-electron chi connectivity index (χ4n) is 1.99. The van der Waals surface area contributed by atoms with E-state index in [2.05, 4.69) is 17.1 Å². The molecule has 14 heavy (non-hydrogen) atoms. The molecule has 1 aliphatic carbocycles. The van der Waals surface area contributed by atoms with Crippen LogP contribution in [0.1, 0.15) is 24.0 Å². The van der Waals surface area contributed by atoms with Crippen molar-refractivity contribution in [2.75, 3.05) is 7.11 Å². The lowest BCUT2D eigenvalue weighted by atomic mass is 9.96. The minimum absolute atomic E-state index is 0.183. The summed E-state index contributed by atoms with van der Waals surface area (Å²) in [6.45, 7) is 0.337. The van der Waals surface area contributed by atoms with E-state index >= 15 is 0 Å². The highest BCUT2D eigenvalue weighted by molar-refractivity contribution is 5.69. The molecule has 3 heteroatoms. The van der Waals surface area contributed by atoms with Gasteiger partial charge in [-0.25, -0.2) is 0 Å². The molecule has 1 aromatic rings. The van der Waals surface area contributed by atoms with Crippen molar-refractivity contribution in [3.8, 4) is 0 Å². The number of carbonyl (C=O) groups is 1. The molecule has 0 atom stereocenters. The Kier molecular flexibility index (Phi) is 2.57. The number of methoxy groups -OCH3 is 1. The van der Waals surface area contributed by atoms with Crippen molar-refractivity contribution in [1.82, 2.24) is 4.57 Å². The number of fused-ring (bicyclic) bond motifs is 1. The third kappa shape index (κ3) is 1.81. The summed E-state index contributed by atoms with van der Waals surface area (Å²) in [5.74, 6) is -0.183. The third-order valence-corrected chi connectivity index (χ3v) is 2.74. The van der Waals surface area contributed by atoms with Crippen molar-refractivity contribution < 1.29 is 9.53 Å². The summed E-state index contributed by atoms with van der Waals surface area (Å²) in [7, 11) is 1.42. The van der Waals surface area contributed by atoms with E-state index in [1.807, 2.05) is 4.57 Å². The van der Waals surface area contributed by atoms with Crippen molar-refractivity contribution in [2.24, 2.45) is 0 Å². The van der Waals surface area contributed by atoms with Gasteiger partial charge in [-0.2, -0.15) is 0 Å². The number of esters is 1. The van der Waals surface area contributed by atoms with Crippen molar-refractivity contribution in [3.05, 3.63) is 23.5 Å². The molecule has 1 aliphatic rings. The van der Waals surface area contributed by atoms with Crippen molar-refractivity contribution >= 4 is 5.97 Å². The van der Waals surface area contributed by atoms with Gasteiger partial charge in [0, 0.05) is 12.4 Å². The van der Waals surface area contributed by atoms with Crippen LogP contribution < -0.4 is 0 Å². The first-order valence-corrected chi connectivity index (χ1v) is 5.04. The summed E-state index contributed by atoms with van der Waals surface area (Å²) < 4.78 is 6.56. The molecular formula is C11H15NO2. The standard InChI is InChI=1S/C11H15NO2/c1-14-11(13)8-12-6-9-4-2-3-5-10(9)7-12/h6-7H,2-5,8H2,1H3. The number of rotatable bonds is 2. The van der Waals surface area contributed by atoms with Crippen LogP contribution in [0.2, 0.25) is 0 Å². The molecule has 0 saturated heterocycles. The molecule has 0 saturated carbocycles. The quantitative estimate of drug-likeness (QED) is 0.667. The molecule has 0 aromatic carbocycles. The number of nitrogens with zero attached hydrogens (tertiary/aromatic N) is 1. The van der Waals surface area contributed by atoms with Gasteiger partial charge in [0.2, 0.25) is 0 Å². The minimum Gasteiger partial charge on any atom is -0.468 e. The number of aryl methyl sites for hydroxylation is 2. The van der Waals surface area contributed by atoms with Gasteiger partial charge >= 0.3 is 5.97 Å². The smallest absolute Gasteiger partial charge is 0.325 e. The summed E-state index contributed by atoms with van der Waals surface area (Å²) in [4.78, 5) is 11.1. The van der Waals surface area contributed by atoms with Crippen LogP contribution in [0.3, 0.4) is 0 Å². The van der Waals surface area contributed by atoms with Crippen LogP contribution in [0.4, 0.5) is 0 Å². The van der Waals surface area contributed by atoms with Crippen LogP contribution in [0.25, 0.3) is 0 Å². The minimum atomic E-state index is -0.183. The van der Waals surface area contributed by atoms with Crippen LogP contribution in [0.5, 0.6) is 0 Å². The lowest BCUT2D eigenvalue weighted by Gasteiger charge is -2.08. The topological polar surface area (TPSA) is 31.2 Å². The van der Waals surface area contributed by atoms with Gasteiger partial charge in [-0.05, 0) is 36.8 Å². The Morgan fingerprint density at radius 1 is 1.36 bits per heavy atom. The highest BCUT2D eigenvalue weighted by Gasteiger charge is 2.12. The first-order chi connectivity index (χ1) is 6.79. The van der Waals surface area contributed by atoms with Crippen LogP contribution in [0, 0.1) is 0 Å². The first kappa shape index (κ1) is 9.31. The molecule has 2 rings (SSSR count). The second-order valence-electron chi connectivity index (χ2n) is 3.76. The van der Waals surface area contributed by atoms with E-state index in [0.29, 0.717) is 6.54 Å². The van der Waals surface area contributed by atoms with Crippen molar-refractivity contribution in [2.45, 2.75) is 32.2 Å². The predicted octanol–water partition coefficient (Wildman–Crippen LogP) is 1.54. The second kappa shape index (κ2) is 3.86. The van der Waals surface area contributed by atoms with Gasteiger partial charge in [0.25, 0.3) is 0 Å². The van der Waals surface area contributed by atoms with Gasteiger partial charge < -0.3 is 9.30 Å². The molecular weight excluding hydrogens is 178 g/mol. The number of ether oxygens (including phenoxy) is 1. The van der Waals surface area contributed by atoms with Gasteiger partial charge in [0.15, 0.2) is 0 Å². The van der Waals surface area contributed by atoms with E-state index in [1.54, 1.807) is 0 Å². The molecule has 0 N–H and O–H groups in total. The zero-order valence-corrected chi connectivity index (χ0v) is 8.45. The summed E-state index contributed by atoms with van der Waals surface area (Å²) >= 11 is 0. The summed E-state index contributed by atoms with van der Waals surface area (Å²) in [5.41, 5.74) is 2.81. The van der Waals surface area contributed by atoms with E-state index in [4.69, 9.17) is 0 Å². The normalized spacial score (nSPS) is 14.9.